The highest BCUT2D eigenvalue weighted by molar-refractivity contribution is 5.80. The first-order chi connectivity index (χ1) is 9.84. The van der Waals surface area contributed by atoms with Crippen molar-refractivity contribution in [2.45, 2.75) is 52.9 Å². The predicted molar refractivity (Wildman–Crippen MR) is 82.8 cm³/mol. The number of likely N-dealkylation sites (tertiary alicyclic amines) is 1. The third-order valence-corrected chi connectivity index (χ3v) is 4.49. The van der Waals surface area contributed by atoms with Gasteiger partial charge in [-0.05, 0) is 37.6 Å². The molecule has 2 atom stereocenters. The summed E-state index contributed by atoms with van der Waals surface area (Å²) in [6.45, 7) is 7.66. The number of carboxylic acids is 1. The average molecular weight is 298 g/mol. The van der Waals surface area contributed by atoms with E-state index in [0.29, 0.717) is 44.8 Å². The molecule has 0 radical (unpaired) electrons. The third kappa shape index (κ3) is 4.70. The molecule has 0 saturated carbocycles. The molecular weight excluding hydrogens is 268 g/mol. The van der Waals surface area contributed by atoms with Gasteiger partial charge in [-0.2, -0.15) is 0 Å². The van der Waals surface area contributed by atoms with E-state index >= 15 is 0 Å². The Morgan fingerprint density at radius 1 is 1.38 bits per heavy atom. The van der Waals surface area contributed by atoms with Gasteiger partial charge in [0.2, 0.25) is 5.91 Å². The average Bonchev–Trinajstić information content (AvgIpc) is 2.83. The van der Waals surface area contributed by atoms with E-state index in [1.54, 1.807) is 4.90 Å². The number of hydrogen-bond donors (Lipinski definition) is 2. The molecule has 3 N–H and O–H groups in total. The number of aliphatic carboxylic acids is 1. The summed E-state index contributed by atoms with van der Waals surface area (Å²) in [5.74, 6) is 0.00849. The molecule has 5 nitrogen and oxygen atoms in total. The molecule has 1 rings (SSSR count). The van der Waals surface area contributed by atoms with Gasteiger partial charge in [0.15, 0.2) is 0 Å². The van der Waals surface area contributed by atoms with Crippen LogP contribution in [0.2, 0.25) is 0 Å². The zero-order valence-electron chi connectivity index (χ0n) is 13.6. The maximum Gasteiger partial charge on any atom is 0.311 e. The van der Waals surface area contributed by atoms with Crippen molar-refractivity contribution in [3.63, 3.8) is 0 Å². The summed E-state index contributed by atoms with van der Waals surface area (Å²) in [6.07, 6.45) is 3.41. The van der Waals surface area contributed by atoms with E-state index in [0.717, 1.165) is 12.8 Å². The second kappa shape index (κ2) is 7.78. The van der Waals surface area contributed by atoms with Gasteiger partial charge in [-0.3, -0.25) is 9.59 Å². The molecule has 0 aromatic heterocycles. The van der Waals surface area contributed by atoms with Crippen LogP contribution >= 0.6 is 0 Å². The van der Waals surface area contributed by atoms with Crippen LogP contribution in [0, 0.1) is 17.3 Å². The number of carbonyl (C=O) groups is 2. The lowest BCUT2D eigenvalue weighted by Crippen LogP contribution is -2.38. The highest BCUT2D eigenvalue weighted by Gasteiger charge is 2.45. The van der Waals surface area contributed by atoms with Crippen LogP contribution in [0.3, 0.4) is 0 Å². The number of carbonyl (C=O) groups excluding carboxylic acids is 1. The van der Waals surface area contributed by atoms with Gasteiger partial charge in [0.25, 0.3) is 0 Å². The van der Waals surface area contributed by atoms with Crippen molar-refractivity contribution in [2.24, 2.45) is 23.0 Å². The summed E-state index contributed by atoms with van der Waals surface area (Å²) in [7, 11) is 0. The van der Waals surface area contributed by atoms with Crippen LogP contribution in [-0.2, 0) is 9.59 Å². The second-order valence-electron chi connectivity index (χ2n) is 6.84. The minimum absolute atomic E-state index is 0.0605. The molecule has 0 bridgehead atoms. The van der Waals surface area contributed by atoms with Gasteiger partial charge in [-0.25, -0.2) is 0 Å². The minimum Gasteiger partial charge on any atom is -0.481 e. The standard InChI is InChI=1S/C16H30N2O3/c1-4-5-16(15(20)21)6-7-18(11-16)14(19)9-13(10-17)8-12(2)3/h12-13H,4-11,17H2,1-3H3,(H,20,21)/t13-,16?/m0/s1. The molecule has 1 unspecified atom stereocenters. The Kier molecular flexibility index (Phi) is 6.65. The van der Waals surface area contributed by atoms with Crippen LogP contribution < -0.4 is 5.73 Å². The molecule has 1 aliphatic rings. The van der Waals surface area contributed by atoms with Crippen molar-refractivity contribution in [2.75, 3.05) is 19.6 Å². The lowest BCUT2D eigenvalue weighted by atomic mass is 9.83. The Hall–Kier alpha value is -1.10. The number of nitrogens with zero attached hydrogens (tertiary/aromatic N) is 1. The van der Waals surface area contributed by atoms with Crippen LogP contribution in [0.5, 0.6) is 0 Å². The van der Waals surface area contributed by atoms with Crippen LogP contribution in [0.4, 0.5) is 0 Å². The zero-order valence-corrected chi connectivity index (χ0v) is 13.6. The van der Waals surface area contributed by atoms with Gasteiger partial charge in [0, 0.05) is 19.5 Å². The van der Waals surface area contributed by atoms with Gasteiger partial charge < -0.3 is 15.7 Å². The fourth-order valence-corrected chi connectivity index (χ4v) is 3.36. The van der Waals surface area contributed by atoms with Gasteiger partial charge >= 0.3 is 5.97 Å². The normalized spacial score (nSPS) is 23.6. The van der Waals surface area contributed by atoms with E-state index in [-0.39, 0.29) is 11.8 Å². The third-order valence-electron chi connectivity index (χ3n) is 4.49. The highest BCUT2D eigenvalue weighted by atomic mass is 16.4. The van der Waals surface area contributed by atoms with Crippen molar-refractivity contribution in [1.82, 2.24) is 4.90 Å². The summed E-state index contributed by atoms with van der Waals surface area (Å²) in [5.41, 5.74) is 5.02. The maximum absolute atomic E-state index is 12.4. The Labute approximate surface area is 127 Å². The van der Waals surface area contributed by atoms with Crippen LogP contribution in [0.1, 0.15) is 52.9 Å². The molecule has 0 aromatic rings. The van der Waals surface area contributed by atoms with Gasteiger partial charge in [-0.1, -0.05) is 27.2 Å². The van der Waals surface area contributed by atoms with Crippen LogP contribution in [0.15, 0.2) is 0 Å². The van der Waals surface area contributed by atoms with Gasteiger partial charge in [0.1, 0.15) is 0 Å². The van der Waals surface area contributed by atoms with Gasteiger partial charge in [0.05, 0.1) is 5.41 Å². The molecule has 0 aromatic carbocycles. The molecule has 1 heterocycles. The summed E-state index contributed by atoms with van der Waals surface area (Å²) >= 11 is 0. The zero-order chi connectivity index (χ0) is 16.0. The first kappa shape index (κ1) is 18.0. The smallest absolute Gasteiger partial charge is 0.311 e. The number of hydrogen-bond acceptors (Lipinski definition) is 3. The van der Waals surface area contributed by atoms with Gasteiger partial charge in [-0.15, -0.1) is 0 Å². The number of carboxylic acid groups (broad SMARTS) is 1. The maximum atomic E-state index is 12.4. The topological polar surface area (TPSA) is 83.6 Å². The van der Waals surface area contributed by atoms with E-state index in [2.05, 4.69) is 13.8 Å². The molecular formula is C16H30N2O3. The predicted octanol–water partition coefficient (Wildman–Crippen LogP) is 2.10. The first-order valence-corrected chi connectivity index (χ1v) is 8.06. The first-order valence-electron chi connectivity index (χ1n) is 8.06. The molecule has 1 fully saturated rings. The summed E-state index contributed by atoms with van der Waals surface area (Å²) < 4.78 is 0. The summed E-state index contributed by atoms with van der Waals surface area (Å²) in [4.78, 5) is 25.7. The molecule has 0 spiro atoms. The van der Waals surface area contributed by atoms with Crippen LogP contribution in [-0.4, -0.2) is 41.5 Å². The molecule has 1 saturated heterocycles. The summed E-state index contributed by atoms with van der Waals surface area (Å²) in [5, 5.41) is 9.48. The Bertz CT molecular complexity index is 371. The van der Waals surface area contributed by atoms with E-state index in [4.69, 9.17) is 5.73 Å². The summed E-state index contributed by atoms with van der Waals surface area (Å²) in [6, 6.07) is 0. The lowest BCUT2D eigenvalue weighted by molar-refractivity contribution is -0.149. The second-order valence-corrected chi connectivity index (χ2v) is 6.84. The van der Waals surface area contributed by atoms with E-state index in [1.807, 2.05) is 6.92 Å². The monoisotopic (exact) mass is 298 g/mol. The Morgan fingerprint density at radius 3 is 2.52 bits per heavy atom. The number of rotatable bonds is 8. The molecule has 1 amide bonds. The van der Waals surface area contributed by atoms with Crippen molar-refractivity contribution in [3.05, 3.63) is 0 Å². The number of amides is 1. The SMILES string of the molecule is CCCC1(C(=O)O)CCN(C(=O)C[C@@H](CN)CC(C)C)C1. The molecule has 0 aliphatic carbocycles. The van der Waals surface area contributed by atoms with Crippen molar-refractivity contribution in [3.8, 4) is 0 Å². The number of nitrogens with two attached hydrogens (primary N) is 1. The largest absolute Gasteiger partial charge is 0.481 e. The molecule has 21 heavy (non-hydrogen) atoms. The van der Waals surface area contributed by atoms with Crippen molar-refractivity contribution in [1.29, 1.82) is 0 Å². The Balaban J connectivity index is 2.62. The fourth-order valence-electron chi connectivity index (χ4n) is 3.36. The quantitative estimate of drug-likeness (QED) is 0.719. The lowest BCUT2D eigenvalue weighted by Gasteiger charge is -2.25. The molecule has 1 aliphatic heterocycles. The highest BCUT2D eigenvalue weighted by Crippen LogP contribution is 2.36. The molecule has 5 heteroatoms. The van der Waals surface area contributed by atoms with E-state index < -0.39 is 11.4 Å². The molecule has 122 valence electrons. The van der Waals surface area contributed by atoms with E-state index in [9.17, 15) is 14.7 Å². The van der Waals surface area contributed by atoms with Crippen molar-refractivity contribution < 1.29 is 14.7 Å². The van der Waals surface area contributed by atoms with E-state index in [1.165, 1.54) is 0 Å². The van der Waals surface area contributed by atoms with Crippen LogP contribution in [0.25, 0.3) is 0 Å². The minimum atomic E-state index is -0.766. The fraction of sp³-hybridized carbons (Fsp3) is 0.875. The Morgan fingerprint density at radius 2 is 2.05 bits per heavy atom. The van der Waals surface area contributed by atoms with Crippen molar-refractivity contribution >= 4 is 11.9 Å².